The molecular formula is C9H14O5. The fourth-order valence-corrected chi connectivity index (χ4v) is 0.870. The van der Waals surface area contributed by atoms with E-state index in [-0.39, 0.29) is 18.8 Å². The van der Waals surface area contributed by atoms with Gasteiger partial charge in [0.05, 0.1) is 13.0 Å². The van der Waals surface area contributed by atoms with Crippen LogP contribution < -0.4 is 0 Å². The van der Waals surface area contributed by atoms with Gasteiger partial charge in [-0.3, -0.25) is 9.59 Å². The number of rotatable bonds is 5. The van der Waals surface area contributed by atoms with Gasteiger partial charge in [0.1, 0.15) is 5.78 Å². The van der Waals surface area contributed by atoms with Crippen molar-refractivity contribution in [2.24, 2.45) is 0 Å². The van der Waals surface area contributed by atoms with E-state index >= 15 is 0 Å². The summed E-state index contributed by atoms with van der Waals surface area (Å²) in [6, 6.07) is 0. The van der Waals surface area contributed by atoms with Crippen molar-refractivity contribution in [1.29, 1.82) is 0 Å². The Morgan fingerprint density at radius 2 is 1.79 bits per heavy atom. The first-order valence-corrected chi connectivity index (χ1v) is 4.30. The summed E-state index contributed by atoms with van der Waals surface area (Å²) in [5.74, 6) is -1.52. The fourth-order valence-electron chi connectivity index (χ4n) is 0.870. The second-order valence-corrected chi connectivity index (χ2v) is 2.76. The summed E-state index contributed by atoms with van der Waals surface area (Å²) in [5.41, 5.74) is 0. The highest BCUT2D eigenvalue weighted by molar-refractivity contribution is 5.86. The van der Waals surface area contributed by atoms with Crippen LogP contribution in [0.1, 0.15) is 27.2 Å². The van der Waals surface area contributed by atoms with Crippen molar-refractivity contribution in [1.82, 2.24) is 0 Å². The minimum atomic E-state index is -1.11. The predicted molar refractivity (Wildman–Crippen MR) is 47.5 cm³/mol. The molecule has 0 radical (unpaired) electrons. The molecule has 5 heteroatoms. The van der Waals surface area contributed by atoms with Crippen LogP contribution in [0.25, 0.3) is 0 Å². The lowest BCUT2D eigenvalue weighted by Gasteiger charge is -2.13. The van der Waals surface area contributed by atoms with Crippen molar-refractivity contribution in [3.05, 3.63) is 0 Å². The van der Waals surface area contributed by atoms with Gasteiger partial charge in [-0.2, -0.15) is 0 Å². The summed E-state index contributed by atoms with van der Waals surface area (Å²) < 4.78 is 9.28. The molecule has 0 aliphatic rings. The monoisotopic (exact) mass is 202 g/mol. The maximum Gasteiger partial charge on any atom is 0.347 e. The standard InChI is InChI=1S/C9H14O5/c1-4-13-9(12)8(5-6(2)10)14-7(3)11/h8H,4-5H2,1-3H3. The second-order valence-electron chi connectivity index (χ2n) is 2.76. The molecule has 0 aromatic carbocycles. The minimum Gasteiger partial charge on any atom is -0.463 e. The molecule has 0 spiro atoms. The van der Waals surface area contributed by atoms with Gasteiger partial charge in [-0.1, -0.05) is 0 Å². The Bertz CT molecular complexity index is 217. The average molecular weight is 202 g/mol. The van der Waals surface area contributed by atoms with E-state index in [0.717, 1.165) is 0 Å². The third-order valence-electron chi connectivity index (χ3n) is 1.33. The number of carbonyl (C=O) groups is 3. The Morgan fingerprint density at radius 3 is 2.14 bits per heavy atom. The zero-order chi connectivity index (χ0) is 11.1. The minimum absolute atomic E-state index is 0.140. The molecule has 0 N–H and O–H groups in total. The number of esters is 2. The molecule has 0 aromatic heterocycles. The summed E-state index contributed by atoms with van der Waals surface area (Å²) >= 11 is 0. The van der Waals surface area contributed by atoms with Gasteiger partial charge in [-0.25, -0.2) is 4.79 Å². The van der Waals surface area contributed by atoms with Crippen molar-refractivity contribution >= 4 is 17.7 Å². The lowest BCUT2D eigenvalue weighted by molar-refractivity contribution is -0.167. The van der Waals surface area contributed by atoms with Crippen LogP contribution in [0.2, 0.25) is 0 Å². The van der Waals surface area contributed by atoms with Crippen LogP contribution >= 0.6 is 0 Å². The predicted octanol–water partition coefficient (Wildman–Crippen LogP) is 0.460. The van der Waals surface area contributed by atoms with E-state index in [2.05, 4.69) is 9.47 Å². The van der Waals surface area contributed by atoms with Gasteiger partial charge in [-0.15, -0.1) is 0 Å². The molecule has 0 saturated carbocycles. The lowest BCUT2D eigenvalue weighted by atomic mass is 10.2. The van der Waals surface area contributed by atoms with Crippen molar-refractivity contribution in [3.63, 3.8) is 0 Å². The molecule has 14 heavy (non-hydrogen) atoms. The van der Waals surface area contributed by atoms with E-state index < -0.39 is 18.0 Å². The van der Waals surface area contributed by atoms with Crippen LogP contribution in [0, 0.1) is 0 Å². The molecule has 1 atom stereocenters. The van der Waals surface area contributed by atoms with E-state index in [1.807, 2.05) is 0 Å². The molecule has 0 aliphatic carbocycles. The highest BCUT2D eigenvalue weighted by atomic mass is 16.6. The number of Topliss-reactive ketones (excluding diaryl/α,β-unsaturated/α-hetero) is 1. The van der Waals surface area contributed by atoms with Crippen LogP contribution in [0.5, 0.6) is 0 Å². The third-order valence-corrected chi connectivity index (χ3v) is 1.33. The molecule has 0 rings (SSSR count). The van der Waals surface area contributed by atoms with Crippen LogP contribution in [0.15, 0.2) is 0 Å². The van der Waals surface area contributed by atoms with Crippen LogP contribution in [0.3, 0.4) is 0 Å². The van der Waals surface area contributed by atoms with Gasteiger partial charge in [-0.05, 0) is 13.8 Å². The van der Waals surface area contributed by atoms with Gasteiger partial charge in [0.25, 0.3) is 0 Å². The van der Waals surface area contributed by atoms with Gasteiger partial charge in [0, 0.05) is 6.92 Å². The molecule has 0 aliphatic heterocycles. The number of ketones is 1. The Hall–Kier alpha value is -1.39. The SMILES string of the molecule is CCOC(=O)C(CC(C)=O)OC(C)=O. The summed E-state index contributed by atoms with van der Waals surface area (Å²) in [6.45, 7) is 4.31. The summed E-state index contributed by atoms with van der Waals surface area (Å²) in [4.78, 5) is 32.5. The van der Waals surface area contributed by atoms with Gasteiger partial charge >= 0.3 is 11.9 Å². The molecule has 80 valence electrons. The Labute approximate surface area is 82.4 Å². The van der Waals surface area contributed by atoms with Gasteiger partial charge < -0.3 is 9.47 Å². The highest BCUT2D eigenvalue weighted by Gasteiger charge is 2.24. The Kier molecular flexibility index (Phi) is 5.52. The second kappa shape index (κ2) is 6.12. The lowest BCUT2D eigenvalue weighted by Crippen LogP contribution is -2.30. The Balaban J connectivity index is 4.29. The zero-order valence-electron chi connectivity index (χ0n) is 8.53. The maximum absolute atomic E-state index is 11.2. The first-order valence-electron chi connectivity index (χ1n) is 4.30. The van der Waals surface area contributed by atoms with Crippen molar-refractivity contribution in [3.8, 4) is 0 Å². The van der Waals surface area contributed by atoms with E-state index in [1.165, 1.54) is 13.8 Å². The number of hydrogen-bond donors (Lipinski definition) is 0. The summed E-state index contributed by atoms with van der Waals surface area (Å²) in [7, 11) is 0. The third kappa shape index (κ3) is 5.29. The zero-order valence-corrected chi connectivity index (χ0v) is 8.53. The quantitative estimate of drug-likeness (QED) is 0.606. The van der Waals surface area contributed by atoms with E-state index in [4.69, 9.17) is 0 Å². The van der Waals surface area contributed by atoms with Crippen LogP contribution in [-0.4, -0.2) is 30.4 Å². The van der Waals surface area contributed by atoms with Crippen LogP contribution in [-0.2, 0) is 23.9 Å². The molecule has 1 unspecified atom stereocenters. The Morgan fingerprint density at radius 1 is 1.21 bits per heavy atom. The van der Waals surface area contributed by atoms with Crippen LogP contribution in [0.4, 0.5) is 0 Å². The number of hydrogen-bond acceptors (Lipinski definition) is 5. The molecule has 5 nitrogen and oxygen atoms in total. The van der Waals surface area contributed by atoms with E-state index in [0.29, 0.717) is 0 Å². The molecule has 0 aromatic rings. The molecule has 0 saturated heterocycles. The maximum atomic E-state index is 11.2. The first kappa shape index (κ1) is 12.6. The fraction of sp³-hybridized carbons (Fsp3) is 0.667. The topological polar surface area (TPSA) is 69.7 Å². The average Bonchev–Trinajstić information content (AvgIpc) is 2.01. The summed E-state index contributed by atoms with van der Waals surface area (Å²) in [6.07, 6.45) is -1.25. The molecule has 0 amide bonds. The largest absolute Gasteiger partial charge is 0.463 e. The van der Waals surface area contributed by atoms with Gasteiger partial charge in [0.2, 0.25) is 6.10 Å². The van der Waals surface area contributed by atoms with E-state index in [1.54, 1.807) is 6.92 Å². The normalized spacial score (nSPS) is 11.6. The summed E-state index contributed by atoms with van der Waals surface area (Å²) in [5, 5.41) is 0. The van der Waals surface area contributed by atoms with E-state index in [9.17, 15) is 14.4 Å². The number of carbonyl (C=O) groups excluding carboxylic acids is 3. The molecule has 0 heterocycles. The van der Waals surface area contributed by atoms with Gasteiger partial charge in [0.15, 0.2) is 0 Å². The molecule has 0 bridgehead atoms. The highest BCUT2D eigenvalue weighted by Crippen LogP contribution is 2.03. The first-order chi connectivity index (χ1) is 6.47. The van der Waals surface area contributed by atoms with Crippen molar-refractivity contribution < 1.29 is 23.9 Å². The number of ether oxygens (including phenoxy) is 2. The molecular weight excluding hydrogens is 188 g/mol. The molecule has 0 fully saturated rings. The van der Waals surface area contributed by atoms with Crippen molar-refractivity contribution in [2.75, 3.05) is 6.61 Å². The smallest absolute Gasteiger partial charge is 0.347 e. The van der Waals surface area contributed by atoms with Crippen molar-refractivity contribution in [2.45, 2.75) is 33.3 Å².